The Morgan fingerprint density at radius 3 is 2.02 bits per heavy atom. The minimum Gasteiger partial charge on any atom is -0.228 e. The molecule has 0 amide bonds. The van der Waals surface area contributed by atoms with Gasteiger partial charge in [-0.2, -0.15) is 0 Å². The second-order valence-corrected chi connectivity index (χ2v) is 12.0. The standard InChI is InChI=1S/C36H22N2S2/c1-2-9-23(10-3-1)24-12-8-13-25(19-24)30-22-31(35-20-26-11-4-6-15-32(26)39-35)38-36(37-30)27-17-18-29-28-14-5-7-16-33(28)40-34(29)21-27/h1-22H. The summed E-state index contributed by atoms with van der Waals surface area (Å²) in [6, 6.07) is 47.3. The zero-order valence-electron chi connectivity index (χ0n) is 21.4. The number of hydrogen-bond acceptors (Lipinski definition) is 4. The molecular formula is C36H22N2S2. The highest BCUT2D eigenvalue weighted by atomic mass is 32.1. The predicted octanol–water partition coefficient (Wildman–Crippen LogP) is 10.7. The average Bonchev–Trinajstić information content (AvgIpc) is 3.63. The molecule has 0 fully saturated rings. The summed E-state index contributed by atoms with van der Waals surface area (Å²) in [5, 5.41) is 3.81. The van der Waals surface area contributed by atoms with Crippen molar-refractivity contribution in [2.24, 2.45) is 0 Å². The SMILES string of the molecule is c1ccc(-c2cccc(-c3cc(-c4cc5ccccc5s4)nc(-c4ccc5c(c4)sc4ccccc45)n3)c2)cc1. The van der Waals surface area contributed by atoms with Gasteiger partial charge in [-0.1, -0.05) is 97.1 Å². The molecule has 0 bridgehead atoms. The summed E-state index contributed by atoms with van der Waals surface area (Å²) in [6.07, 6.45) is 0. The third-order valence-corrected chi connectivity index (χ3v) is 9.58. The molecule has 0 aliphatic heterocycles. The normalized spacial score (nSPS) is 11.5. The Kier molecular flexibility index (Phi) is 5.54. The van der Waals surface area contributed by atoms with E-state index in [1.54, 1.807) is 11.3 Å². The Hall–Kier alpha value is -4.64. The van der Waals surface area contributed by atoms with Crippen LogP contribution in [0.1, 0.15) is 0 Å². The molecule has 0 unspecified atom stereocenters. The maximum atomic E-state index is 5.15. The minimum absolute atomic E-state index is 0.745. The van der Waals surface area contributed by atoms with Crippen molar-refractivity contribution >= 4 is 52.9 Å². The quantitative estimate of drug-likeness (QED) is 0.219. The molecule has 0 N–H and O–H groups in total. The Morgan fingerprint density at radius 2 is 1.12 bits per heavy atom. The molecule has 5 aromatic carbocycles. The van der Waals surface area contributed by atoms with Crippen molar-refractivity contribution in [3.8, 4) is 44.3 Å². The summed E-state index contributed by atoms with van der Waals surface area (Å²) in [4.78, 5) is 11.4. The molecule has 3 heterocycles. The molecule has 0 saturated heterocycles. The van der Waals surface area contributed by atoms with E-state index in [1.807, 2.05) is 11.3 Å². The van der Waals surface area contributed by atoms with Gasteiger partial charge in [0.2, 0.25) is 0 Å². The van der Waals surface area contributed by atoms with Gasteiger partial charge in [0.15, 0.2) is 5.82 Å². The molecule has 40 heavy (non-hydrogen) atoms. The summed E-state index contributed by atoms with van der Waals surface area (Å²) >= 11 is 3.60. The van der Waals surface area contributed by atoms with Crippen LogP contribution in [0.4, 0.5) is 0 Å². The second-order valence-electron chi connectivity index (χ2n) is 9.87. The number of aromatic nitrogens is 2. The van der Waals surface area contributed by atoms with E-state index in [0.29, 0.717) is 0 Å². The van der Waals surface area contributed by atoms with Gasteiger partial charge in [-0.25, -0.2) is 9.97 Å². The predicted molar refractivity (Wildman–Crippen MR) is 172 cm³/mol. The summed E-state index contributed by atoms with van der Waals surface area (Å²) in [5.41, 5.74) is 6.35. The van der Waals surface area contributed by atoms with Gasteiger partial charge in [0.05, 0.1) is 16.3 Å². The molecular weight excluding hydrogens is 525 g/mol. The monoisotopic (exact) mass is 546 g/mol. The zero-order chi connectivity index (χ0) is 26.5. The smallest absolute Gasteiger partial charge is 0.160 e. The van der Waals surface area contributed by atoms with Crippen LogP contribution in [0.5, 0.6) is 0 Å². The number of hydrogen-bond donors (Lipinski definition) is 0. The minimum atomic E-state index is 0.745. The Labute approximate surface area is 239 Å². The number of rotatable bonds is 4. The summed E-state index contributed by atoms with van der Waals surface area (Å²) in [6.45, 7) is 0. The van der Waals surface area contributed by atoms with Crippen molar-refractivity contribution in [2.75, 3.05) is 0 Å². The Bertz CT molecular complexity index is 2140. The van der Waals surface area contributed by atoms with Gasteiger partial charge in [-0.3, -0.25) is 0 Å². The van der Waals surface area contributed by atoms with Crippen LogP contribution in [-0.2, 0) is 0 Å². The first-order valence-corrected chi connectivity index (χ1v) is 14.9. The lowest BCUT2D eigenvalue weighted by Gasteiger charge is -2.10. The second kappa shape index (κ2) is 9.53. The van der Waals surface area contributed by atoms with E-state index >= 15 is 0 Å². The van der Waals surface area contributed by atoms with Crippen molar-refractivity contribution in [1.82, 2.24) is 9.97 Å². The molecule has 188 valence electrons. The van der Waals surface area contributed by atoms with Gasteiger partial charge in [0, 0.05) is 36.0 Å². The van der Waals surface area contributed by atoms with E-state index in [-0.39, 0.29) is 0 Å². The van der Waals surface area contributed by atoms with Crippen LogP contribution in [0.15, 0.2) is 133 Å². The van der Waals surface area contributed by atoms with Crippen LogP contribution < -0.4 is 0 Å². The third kappa shape index (κ3) is 4.10. The van der Waals surface area contributed by atoms with E-state index in [0.717, 1.165) is 33.2 Å². The van der Waals surface area contributed by atoms with Gasteiger partial charge < -0.3 is 0 Å². The topological polar surface area (TPSA) is 25.8 Å². The van der Waals surface area contributed by atoms with Crippen molar-refractivity contribution in [2.45, 2.75) is 0 Å². The van der Waals surface area contributed by atoms with E-state index in [1.165, 1.54) is 41.4 Å². The van der Waals surface area contributed by atoms with E-state index in [9.17, 15) is 0 Å². The van der Waals surface area contributed by atoms with Crippen LogP contribution in [0.3, 0.4) is 0 Å². The lowest BCUT2D eigenvalue weighted by atomic mass is 10.0. The third-order valence-electron chi connectivity index (χ3n) is 7.31. The maximum absolute atomic E-state index is 5.15. The summed E-state index contributed by atoms with van der Waals surface area (Å²) < 4.78 is 3.81. The lowest BCUT2D eigenvalue weighted by Crippen LogP contribution is -1.95. The summed E-state index contributed by atoms with van der Waals surface area (Å²) in [7, 11) is 0. The Balaban J connectivity index is 1.32. The first kappa shape index (κ1) is 23.3. The molecule has 0 aliphatic rings. The maximum Gasteiger partial charge on any atom is 0.160 e. The molecule has 0 saturated carbocycles. The molecule has 0 atom stereocenters. The van der Waals surface area contributed by atoms with E-state index in [4.69, 9.17) is 9.97 Å². The fraction of sp³-hybridized carbons (Fsp3) is 0. The largest absolute Gasteiger partial charge is 0.228 e. The van der Waals surface area contributed by atoms with Crippen molar-refractivity contribution < 1.29 is 0 Å². The van der Waals surface area contributed by atoms with Crippen molar-refractivity contribution in [3.63, 3.8) is 0 Å². The molecule has 8 aromatic rings. The summed E-state index contributed by atoms with van der Waals surface area (Å²) in [5.74, 6) is 0.745. The van der Waals surface area contributed by atoms with Crippen LogP contribution >= 0.6 is 22.7 Å². The zero-order valence-corrected chi connectivity index (χ0v) is 23.0. The van der Waals surface area contributed by atoms with E-state index < -0.39 is 0 Å². The number of nitrogens with zero attached hydrogens (tertiary/aromatic N) is 2. The number of thiophene rings is 2. The number of fused-ring (bicyclic) bond motifs is 4. The van der Waals surface area contributed by atoms with Gasteiger partial charge in [0.25, 0.3) is 0 Å². The first-order chi connectivity index (χ1) is 19.8. The highest BCUT2D eigenvalue weighted by Crippen LogP contribution is 2.38. The van der Waals surface area contributed by atoms with Crippen LogP contribution in [0.2, 0.25) is 0 Å². The molecule has 8 rings (SSSR count). The van der Waals surface area contributed by atoms with Crippen LogP contribution in [-0.4, -0.2) is 9.97 Å². The van der Waals surface area contributed by atoms with Crippen molar-refractivity contribution in [3.05, 3.63) is 133 Å². The number of benzene rings is 5. The lowest BCUT2D eigenvalue weighted by molar-refractivity contribution is 1.19. The molecule has 0 spiro atoms. The molecule has 4 heteroatoms. The molecule has 3 aromatic heterocycles. The van der Waals surface area contributed by atoms with Gasteiger partial charge in [-0.15, -0.1) is 22.7 Å². The molecule has 2 nitrogen and oxygen atoms in total. The Morgan fingerprint density at radius 1 is 0.400 bits per heavy atom. The van der Waals surface area contributed by atoms with Crippen molar-refractivity contribution in [1.29, 1.82) is 0 Å². The fourth-order valence-corrected chi connectivity index (χ4v) is 7.48. The average molecular weight is 547 g/mol. The van der Waals surface area contributed by atoms with Crippen LogP contribution in [0.25, 0.3) is 74.6 Å². The fourth-order valence-electron chi connectivity index (χ4n) is 5.31. The van der Waals surface area contributed by atoms with Gasteiger partial charge in [0.1, 0.15) is 0 Å². The van der Waals surface area contributed by atoms with Gasteiger partial charge >= 0.3 is 0 Å². The van der Waals surface area contributed by atoms with E-state index in [2.05, 4.69) is 133 Å². The first-order valence-electron chi connectivity index (χ1n) is 13.2. The highest BCUT2D eigenvalue weighted by Gasteiger charge is 2.15. The van der Waals surface area contributed by atoms with Gasteiger partial charge in [-0.05, 0) is 52.9 Å². The molecule has 0 aliphatic carbocycles. The van der Waals surface area contributed by atoms with Crippen LogP contribution in [0, 0.1) is 0 Å². The highest BCUT2D eigenvalue weighted by molar-refractivity contribution is 7.25. The molecule has 0 radical (unpaired) electrons.